The predicted molar refractivity (Wildman–Crippen MR) is 51.6 cm³/mol. The molecular formula is C10H16O4. The van der Waals surface area contributed by atoms with Gasteiger partial charge in [0, 0.05) is 5.57 Å². The molecule has 0 aliphatic carbocycles. The lowest BCUT2D eigenvalue weighted by Gasteiger charge is -2.12. The highest BCUT2D eigenvalue weighted by Gasteiger charge is 2.19. The van der Waals surface area contributed by atoms with Crippen molar-refractivity contribution in [2.24, 2.45) is 5.92 Å². The smallest absolute Gasteiger partial charge is 0.333 e. The van der Waals surface area contributed by atoms with Crippen LogP contribution in [0.2, 0.25) is 0 Å². The van der Waals surface area contributed by atoms with Gasteiger partial charge in [-0.25, -0.2) is 4.79 Å². The van der Waals surface area contributed by atoms with Crippen LogP contribution in [-0.2, 0) is 19.1 Å². The van der Waals surface area contributed by atoms with E-state index >= 15 is 0 Å². The monoisotopic (exact) mass is 200 g/mol. The van der Waals surface area contributed by atoms with E-state index in [1.54, 1.807) is 19.9 Å². The molecule has 0 amide bonds. The molecule has 0 bridgehead atoms. The molecular weight excluding hydrogens is 184 g/mol. The molecule has 0 saturated carbocycles. The molecule has 0 spiro atoms. The first-order valence-electron chi connectivity index (χ1n) is 4.38. The van der Waals surface area contributed by atoms with Gasteiger partial charge in [0.15, 0.2) is 0 Å². The topological polar surface area (TPSA) is 52.6 Å². The van der Waals surface area contributed by atoms with Crippen LogP contribution in [0.3, 0.4) is 0 Å². The van der Waals surface area contributed by atoms with Crippen molar-refractivity contribution < 1.29 is 19.1 Å². The lowest BCUT2D eigenvalue weighted by Crippen LogP contribution is -2.16. The lowest BCUT2D eigenvalue weighted by atomic mass is 9.97. The maximum Gasteiger partial charge on any atom is 0.333 e. The van der Waals surface area contributed by atoms with Crippen molar-refractivity contribution in [1.82, 2.24) is 0 Å². The third-order valence-corrected chi connectivity index (χ3v) is 1.96. The molecule has 1 atom stereocenters. The van der Waals surface area contributed by atoms with Crippen LogP contribution in [-0.4, -0.2) is 26.2 Å². The highest BCUT2D eigenvalue weighted by atomic mass is 16.5. The van der Waals surface area contributed by atoms with Crippen LogP contribution in [0, 0.1) is 5.92 Å². The van der Waals surface area contributed by atoms with Crippen LogP contribution in [0.1, 0.15) is 20.3 Å². The van der Waals surface area contributed by atoms with Gasteiger partial charge in [0.2, 0.25) is 0 Å². The van der Waals surface area contributed by atoms with Crippen LogP contribution >= 0.6 is 0 Å². The van der Waals surface area contributed by atoms with Gasteiger partial charge in [-0.15, -0.1) is 0 Å². The summed E-state index contributed by atoms with van der Waals surface area (Å²) in [5.74, 6) is -0.912. The average molecular weight is 200 g/mol. The first-order chi connectivity index (χ1) is 6.56. The van der Waals surface area contributed by atoms with E-state index in [-0.39, 0.29) is 18.3 Å². The number of rotatable bonds is 4. The van der Waals surface area contributed by atoms with Crippen LogP contribution in [0.25, 0.3) is 0 Å². The molecule has 0 aromatic heterocycles. The minimum Gasteiger partial charge on any atom is -0.469 e. The molecule has 4 heteroatoms. The molecule has 80 valence electrons. The van der Waals surface area contributed by atoms with Crippen LogP contribution in [0.4, 0.5) is 0 Å². The maximum absolute atomic E-state index is 11.2. The predicted octanol–water partition coefficient (Wildman–Crippen LogP) is 1.30. The fourth-order valence-corrected chi connectivity index (χ4v) is 1.16. The molecule has 0 aliphatic heterocycles. The van der Waals surface area contributed by atoms with Crippen molar-refractivity contribution in [3.05, 3.63) is 11.6 Å². The van der Waals surface area contributed by atoms with E-state index in [2.05, 4.69) is 9.47 Å². The lowest BCUT2D eigenvalue weighted by molar-refractivity contribution is -0.141. The second-order valence-corrected chi connectivity index (χ2v) is 2.92. The van der Waals surface area contributed by atoms with Crippen molar-refractivity contribution in [2.75, 3.05) is 14.2 Å². The van der Waals surface area contributed by atoms with Gasteiger partial charge in [0.05, 0.1) is 20.6 Å². The van der Waals surface area contributed by atoms with E-state index in [4.69, 9.17) is 0 Å². The Morgan fingerprint density at radius 1 is 1.29 bits per heavy atom. The van der Waals surface area contributed by atoms with E-state index in [1.807, 2.05) is 0 Å². The summed E-state index contributed by atoms with van der Waals surface area (Å²) < 4.78 is 9.09. The van der Waals surface area contributed by atoms with Gasteiger partial charge in [0.25, 0.3) is 0 Å². The van der Waals surface area contributed by atoms with E-state index in [0.717, 1.165) is 0 Å². The summed E-state index contributed by atoms with van der Waals surface area (Å²) in [6.07, 6.45) is 1.84. The second-order valence-electron chi connectivity index (χ2n) is 2.92. The molecule has 0 aromatic rings. The minimum atomic E-state index is -0.399. The number of carbonyl (C=O) groups excluding carboxylic acids is 2. The zero-order valence-corrected chi connectivity index (χ0v) is 8.99. The third-order valence-electron chi connectivity index (χ3n) is 1.96. The van der Waals surface area contributed by atoms with Crippen molar-refractivity contribution in [3.63, 3.8) is 0 Å². The standard InChI is InChI=1S/C10H16O4/c1-5-8(10(12)14-4)7(2)6-9(11)13-3/h5,7H,6H2,1-4H3/b8-5+/t7-/m0/s1. The Balaban J connectivity index is 4.41. The number of allylic oxidation sites excluding steroid dienone is 1. The molecule has 0 aliphatic rings. The Kier molecular flexibility index (Phi) is 5.60. The molecule has 0 rings (SSSR count). The van der Waals surface area contributed by atoms with E-state index < -0.39 is 5.97 Å². The summed E-state index contributed by atoms with van der Waals surface area (Å²) in [4.78, 5) is 22.2. The van der Waals surface area contributed by atoms with Crippen LogP contribution in [0.5, 0.6) is 0 Å². The molecule has 0 aromatic carbocycles. The highest BCUT2D eigenvalue weighted by Crippen LogP contribution is 2.16. The van der Waals surface area contributed by atoms with Crippen molar-refractivity contribution in [1.29, 1.82) is 0 Å². The number of esters is 2. The van der Waals surface area contributed by atoms with Gasteiger partial charge >= 0.3 is 11.9 Å². The van der Waals surface area contributed by atoms with Gasteiger partial charge in [-0.1, -0.05) is 13.0 Å². The quantitative estimate of drug-likeness (QED) is 0.507. The largest absolute Gasteiger partial charge is 0.469 e. The van der Waals surface area contributed by atoms with Crippen LogP contribution < -0.4 is 0 Å². The Morgan fingerprint density at radius 3 is 2.21 bits per heavy atom. The van der Waals surface area contributed by atoms with Crippen molar-refractivity contribution >= 4 is 11.9 Å². The van der Waals surface area contributed by atoms with E-state index in [1.165, 1.54) is 14.2 Å². The summed E-state index contributed by atoms with van der Waals surface area (Å²) in [5.41, 5.74) is 0.498. The molecule has 0 radical (unpaired) electrons. The molecule has 0 fully saturated rings. The first-order valence-corrected chi connectivity index (χ1v) is 4.38. The Hall–Kier alpha value is -1.32. The third kappa shape index (κ3) is 3.60. The summed E-state index contributed by atoms with van der Waals surface area (Å²) in [6, 6.07) is 0. The number of hydrogen-bond acceptors (Lipinski definition) is 4. The zero-order chi connectivity index (χ0) is 11.1. The number of ether oxygens (including phenoxy) is 2. The molecule has 0 N–H and O–H groups in total. The normalized spacial score (nSPS) is 13.3. The molecule has 0 heterocycles. The number of hydrogen-bond donors (Lipinski definition) is 0. The summed E-state index contributed by atoms with van der Waals surface area (Å²) in [6.45, 7) is 3.52. The maximum atomic E-state index is 11.2. The zero-order valence-electron chi connectivity index (χ0n) is 8.99. The van der Waals surface area contributed by atoms with Gasteiger partial charge < -0.3 is 9.47 Å². The van der Waals surface area contributed by atoms with E-state index in [9.17, 15) is 9.59 Å². The second kappa shape index (κ2) is 6.18. The van der Waals surface area contributed by atoms with Gasteiger partial charge in [0.1, 0.15) is 0 Å². The molecule has 0 unspecified atom stereocenters. The molecule has 4 nitrogen and oxygen atoms in total. The minimum absolute atomic E-state index is 0.181. The number of methoxy groups -OCH3 is 2. The summed E-state index contributed by atoms with van der Waals surface area (Å²) >= 11 is 0. The summed E-state index contributed by atoms with van der Waals surface area (Å²) in [5, 5.41) is 0. The molecule has 14 heavy (non-hydrogen) atoms. The average Bonchev–Trinajstić information content (AvgIpc) is 2.18. The Bertz CT molecular complexity index is 243. The summed E-state index contributed by atoms with van der Waals surface area (Å²) in [7, 11) is 2.64. The van der Waals surface area contributed by atoms with Crippen molar-refractivity contribution in [2.45, 2.75) is 20.3 Å². The van der Waals surface area contributed by atoms with Crippen molar-refractivity contribution in [3.8, 4) is 0 Å². The van der Waals surface area contributed by atoms with Gasteiger partial charge in [-0.3, -0.25) is 4.79 Å². The SMILES string of the molecule is C/C=C(/C(=O)OC)[C@@H](C)CC(=O)OC. The van der Waals surface area contributed by atoms with E-state index in [0.29, 0.717) is 5.57 Å². The highest BCUT2D eigenvalue weighted by molar-refractivity contribution is 5.89. The Labute approximate surface area is 83.9 Å². The van der Waals surface area contributed by atoms with Gasteiger partial charge in [-0.2, -0.15) is 0 Å². The number of carbonyl (C=O) groups is 2. The van der Waals surface area contributed by atoms with Crippen LogP contribution in [0.15, 0.2) is 11.6 Å². The first kappa shape index (κ1) is 12.7. The fraction of sp³-hybridized carbons (Fsp3) is 0.600. The molecule has 0 saturated heterocycles. The fourth-order valence-electron chi connectivity index (χ4n) is 1.16. The van der Waals surface area contributed by atoms with Gasteiger partial charge in [-0.05, 0) is 12.8 Å². The Morgan fingerprint density at radius 2 is 1.86 bits per heavy atom.